The molecule has 0 aromatic carbocycles. The van der Waals surface area contributed by atoms with Gasteiger partial charge in [-0.2, -0.15) is 0 Å². The van der Waals surface area contributed by atoms with E-state index in [1.54, 1.807) is 0 Å². The molecule has 0 fully saturated rings. The molecule has 2 aromatic heterocycles. The van der Waals surface area contributed by atoms with E-state index in [9.17, 15) is 9.59 Å². The fourth-order valence-electron chi connectivity index (χ4n) is 1.27. The van der Waals surface area contributed by atoms with Crippen molar-refractivity contribution in [3.05, 3.63) is 53.9 Å². The number of hydrogen-bond donors (Lipinski definition) is 1. The highest BCUT2D eigenvalue weighted by molar-refractivity contribution is 6.48. The van der Waals surface area contributed by atoms with Crippen molar-refractivity contribution in [3.63, 3.8) is 0 Å². The first-order chi connectivity index (χ1) is 11.6. The molecular formula is C13H7Cl6N3O3. The molecule has 2 rings (SSSR count). The lowest BCUT2D eigenvalue weighted by Crippen LogP contribution is -2.13. The van der Waals surface area contributed by atoms with E-state index in [-0.39, 0.29) is 41.8 Å². The highest BCUT2D eigenvalue weighted by Gasteiger charge is 2.13. The Hall–Kier alpha value is -1.02. The molecule has 0 aliphatic heterocycles. The molecule has 0 saturated carbocycles. The van der Waals surface area contributed by atoms with Gasteiger partial charge >= 0.3 is 5.97 Å². The van der Waals surface area contributed by atoms with Crippen LogP contribution in [0.3, 0.4) is 0 Å². The number of aromatic nitrogens is 2. The lowest BCUT2D eigenvalue weighted by atomic mass is 10.3. The second-order valence-corrected chi connectivity index (χ2v) is 6.33. The molecule has 1 amide bonds. The van der Waals surface area contributed by atoms with Crippen molar-refractivity contribution < 1.29 is 14.3 Å². The van der Waals surface area contributed by atoms with Crippen LogP contribution in [0.1, 0.15) is 21.0 Å². The molecule has 2 N–H and O–H groups in total. The quantitative estimate of drug-likeness (QED) is 0.499. The highest BCUT2D eigenvalue weighted by atomic mass is 35.5. The second-order valence-electron chi connectivity index (χ2n) is 4.04. The number of primary amides is 1. The fraction of sp³-hybridized carbons (Fsp3) is 0.0769. The van der Waals surface area contributed by atoms with Gasteiger partial charge in [0.25, 0.3) is 5.91 Å². The van der Waals surface area contributed by atoms with E-state index in [1.807, 2.05) is 0 Å². The molecule has 0 spiro atoms. The monoisotopic (exact) mass is 463 g/mol. The maximum absolute atomic E-state index is 11.0. The van der Waals surface area contributed by atoms with Crippen molar-refractivity contribution >= 4 is 81.5 Å². The molecule has 0 bridgehead atoms. The molecule has 12 heteroatoms. The molecule has 0 unspecified atom stereocenters. The second kappa shape index (κ2) is 9.62. The van der Waals surface area contributed by atoms with Crippen LogP contribution in [0.5, 0.6) is 0 Å². The van der Waals surface area contributed by atoms with Crippen LogP contribution >= 0.6 is 69.6 Å². The van der Waals surface area contributed by atoms with Gasteiger partial charge in [-0.15, -0.1) is 0 Å². The molecule has 6 nitrogen and oxygen atoms in total. The van der Waals surface area contributed by atoms with Crippen LogP contribution in [0.25, 0.3) is 0 Å². The van der Waals surface area contributed by atoms with Crippen molar-refractivity contribution in [2.75, 3.05) is 7.11 Å². The number of carbonyl (C=O) groups excluding carboxylic acids is 2. The minimum atomic E-state index is -0.699. The van der Waals surface area contributed by atoms with Gasteiger partial charge in [0.2, 0.25) is 0 Å². The van der Waals surface area contributed by atoms with E-state index in [0.29, 0.717) is 0 Å². The number of ether oxygens (including phenoxy) is 1. The van der Waals surface area contributed by atoms with Gasteiger partial charge in [0.05, 0.1) is 27.2 Å². The number of esters is 1. The summed E-state index contributed by atoms with van der Waals surface area (Å²) >= 11 is 33.6. The Morgan fingerprint density at radius 2 is 1.28 bits per heavy atom. The number of carbonyl (C=O) groups is 2. The lowest BCUT2D eigenvalue weighted by Gasteiger charge is -2.01. The van der Waals surface area contributed by atoms with Crippen molar-refractivity contribution in [3.8, 4) is 0 Å². The van der Waals surface area contributed by atoms with Crippen molar-refractivity contribution in [2.45, 2.75) is 0 Å². The average Bonchev–Trinajstić information content (AvgIpc) is 2.56. The van der Waals surface area contributed by atoms with Crippen molar-refractivity contribution in [1.29, 1.82) is 0 Å². The maximum atomic E-state index is 11.0. The van der Waals surface area contributed by atoms with Gasteiger partial charge in [-0.05, 0) is 12.1 Å². The van der Waals surface area contributed by atoms with Crippen LogP contribution in [-0.4, -0.2) is 29.0 Å². The van der Waals surface area contributed by atoms with Gasteiger partial charge in [-0.25, -0.2) is 14.8 Å². The van der Waals surface area contributed by atoms with Gasteiger partial charge < -0.3 is 10.5 Å². The first kappa shape index (κ1) is 22.0. The molecule has 2 heterocycles. The molecule has 134 valence electrons. The van der Waals surface area contributed by atoms with Crippen LogP contribution in [0.15, 0.2) is 12.1 Å². The SMILES string of the molecule is COC(=O)c1cc(Cl)c(Cl)c(Cl)n1.NC(=O)c1cc(Cl)c(Cl)c(Cl)n1. The van der Waals surface area contributed by atoms with Crippen molar-refractivity contribution in [1.82, 2.24) is 9.97 Å². The number of halogens is 6. The molecule has 0 atom stereocenters. The van der Waals surface area contributed by atoms with Crippen molar-refractivity contribution in [2.24, 2.45) is 5.73 Å². The van der Waals surface area contributed by atoms with Crippen LogP contribution in [0.2, 0.25) is 30.4 Å². The van der Waals surface area contributed by atoms with E-state index in [1.165, 1.54) is 19.2 Å². The number of nitrogens with two attached hydrogens (primary N) is 1. The third kappa shape index (κ3) is 6.02. The molecule has 0 aliphatic carbocycles. The zero-order valence-electron chi connectivity index (χ0n) is 12.1. The van der Waals surface area contributed by atoms with Crippen LogP contribution < -0.4 is 5.73 Å². The first-order valence-electron chi connectivity index (χ1n) is 5.99. The Morgan fingerprint density at radius 1 is 0.880 bits per heavy atom. The summed E-state index contributed by atoms with van der Waals surface area (Å²) in [6, 6.07) is 2.56. The predicted molar refractivity (Wildman–Crippen MR) is 98.4 cm³/mol. The average molecular weight is 466 g/mol. The third-order valence-electron chi connectivity index (χ3n) is 2.39. The number of hydrogen-bond acceptors (Lipinski definition) is 5. The summed E-state index contributed by atoms with van der Waals surface area (Å²) in [7, 11) is 1.24. The number of amides is 1. The van der Waals surface area contributed by atoms with E-state index in [2.05, 4.69) is 14.7 Å². The zero-order valence-corrected chi connectivity index (χ0v) is 16.7. The minimum Gasteiger partial charge on any atom is -0.464 e. The van der Waals surface area contributed by atoms with Crippen LogP contribution in [0.4, 0.5) is 0 Å². The lowest BCUT2D eigenvalue weighted by molar-refractivity contribution is 0.0594. The van der Waals surface area contributed by atoms with Crippen LogP contribution in [0, 0.1) is 0 Å². The van der Waals surface area contributed by atoms with Gasteiger partial charge in [0.1, 0.15) is 16.0 Å². The summed E-state index contributed by atoms with van der Waals surface area (Å²) in [4.78, 5) is 28.9. The summed E-state index contributed by atoms with van der Waals surface area (Å²) in [5.41, 5.74) is 4.96. The number of nitrogens with zero attached hydrogens (tertiary/aromatic N) is 2. The predicted octanol–water partition coefficient (Wildman–Crippen LogP) is 4.97. The van der Waals surface area contributed by atoms with Gasteiger partial charge in [0.15, 0.2) is 5.69 Å². The third-order valence-corrected chi connectivity index (χ3v) is 4.69. The van der Waals surface area contributed by atoms with E-state index in [4.69, 9.17) is 75.3 Å². The van der Waals surface area contributed by atoms with Crippen LogP contribution in [-0.2, 0) is 4.74 Å². The normalized spacial score (nSPS) is 9.88. The Kier molecular flexibility index (Phi) is 8.47. The number of methoxy groups -OCH3 is 1. The summed E-state index contributed by atoms with van der Waals surface area (Å²) in [5, 5.41) is 0.513. The maximum Gasteiger partial charge on any atom is 0.356 e. The molecule has 0 radical (unpaired) electrons. The minimum absolute atomic E-state index is 0.00519. The summed E-state index contributed by atoms with van der Waals surface area (Å²) in [6.07, 6.45) is 0. The summed E-state index contributed by atoms with van der Waals surface area (Å²) in [6.45, 7) is 0. The van der Waals surface area contributed by atoms with E-state index < -0.39 is 11.9 Å². The Labute approximate surface area is 172 Å². The largest absolute Gasteiger partial charge is 0.464 e. The van der Waals surface area contributed by atoms with Gasteiger partial charge in [-0.1, -0.05) is 69.6 Å². The smallest absolute Gasteiger partial charge is 0.356 e. The van der Waals surface area contributed by atoms with Gasteiger partial charge in [-0.3, -0.25) is 4.79 Å². The molecule has 2 aromatic rings. The highest BCUT2D eigenvalue weighted by Crippen LogP contribution is 2.29. The topological polar surface area (TPSA) is 95.2 Å². The fourth-order valence-corrected chi connectivity index (χ4v) is 2.34. The Morgan fingerprint density at radius 3 is 1.64 bits per heavy atom. The molecule has 0 saturated heterocycles. The molecule has 0 aliphatic rings. The standard InChI is InChI=1S/C7H4Cl3NO2.C6H3Cl3N2O/c1-13-7(12)4-2-3(8)5(9)6(10)11-4;7-2-1-3(6(10)12)11-5(9)4(2)8/h2H,1H3;1H,(H2,10,12). The molecular weight excluding hydrogens is 459 g/mol. The Balaban J connectivity index is 0.000000251. The van der Waals surface area contributed by atoms with E-state index >= 15 is 0 Å². The zero-order chi connectivity index (χ0) is 19.3. The first-order valence-corrected chi connectivity index (χ1v) is 8.26. The number of rotatable bonds is 2. The van der Waals surface area contributed by atoms with E-state index in [0.717, 1.165) is 0 Å². The van der Waals surface area contributed by atoms with Gasteiger partial charge in [0, 0.05) is 0 Å². The molecule has 25 heavy (non-hydrogen) atoms. The number of pyridine rings is 2. The summed E-state index contributed by atoms with van der Waals surface area (Å²) in [5.74, 6) is -1.31. The summed E-state index contributed by atoms with van der Waals surface area (Å²) < 4.78 is 4.42. The Bertz CT molecular complexity index is 785.